The summed E-state index contributed by atoms with van der Waals surface area (Å²) in [6.45, 7) is -0.338. The molecule has 0 aliphatic carbocycles. The Labute approximate surface area is 179 Å². The number of nitrogens with one attached hydrogen (secondary N) is 1. The number of methoxy groups -OCH3 is 1. The smallest absolute Gasteiger partial charge is 0.387 e. The predicted molar refractivity (Wildman–Crippen MR) is 112 cm³/mol. The van der Waals surface area contributed by atoms with Crippen LogP contribution in [0.1, 0.15) is 16.8 Å². The van der Waals surface area contributed by atoms with E-state index < -0.39 is 12.5 Å². The maximum absolute atomic E-state index is 12.7. The number of benzene rings is 2. The topological polar surface area (TPSA) is 71.1 Å². The van der Waals surface area contributed by atoms with E-state index in [1.54, 1.807) is 4.90 Å². The molecule has 0 radical (unpaired) electrons. The molecule has 0 atom stereocenters. The first-order chi connectivity index (χ1) is 15.0. The number of nitrogens with zero attached hydrogens (tertiary/aromatic N) is 2. The zero-order chi connectivity index (χ0) is 22.2. The molecule has 9 heteroatoms. The minimum Gasteiger partial charge on any atom is -0.493 e. The molecule has 0 saturated carbocycles. The van der Waals surface area contributed by atoms with E-state index in [-0.39, 0.29) is 35.9 Å². The van der Waals surface area contributed by atoms with Crippen molar-refractivity contribution in [1.29, 1.82) is 0 Å². The van der Waals surface area contributed by atoms with Crippen molar-refractivity contribution >= 4 is 17.5 Å². The van der Waals surface area contributed by atoms with Gasteiger partial charge in [-0.05, 0) is 24.3 Å². The lowest BCUT2D eigenvalue weighted by Crippen LogP contribution is -2.49. The third kappa shape index (κ3) is 5.84. The maximum Gasteiger partial charge on any atom is 0.387 e. The normalized spacial score (nSPS) is 13.8. The number of ether oxygens (including phenoxy) is 2. The van der Waals surface area contributed by atoms with E-state index >= 15 is 0 Å². The Kier molecular flexibility index (Phi) is 7.64. The Morgan fingerprint density at radius 2 is 1.74 bits per heavy atom. The number of rotatable bonds is 8. The zero-order valence-corrected chi connectivity index (χ0v) is 17.2. The van der Waals surface area contributed by atoms with Crippen LogP contribution in [-0.4, -0.2) is 63.2 Å². The zero-order valence-electron chi connectivity index (χ0n) is 17.2. The summed E-state index contributed by atoms with van der Waals surface area (Å²) in [6, 6.07) is 14.3. The number of amides is 2. The van der Waals surface area contributed by atoms with Crippen molar-refractivity contribution in [2.24, 2.45) is 0 Å². The number of carbonyl (C=O) groups excluding carboxylic acids is 2. The van der Waals surface area contributed by atoms with Gasteiger partial charge in [-0.3, -0.25) is 9.59 Å². The van der Waals surface area contributed by atoms with Gasteiger partial charge in [-0.25, -0.2) is 0 Å². The van der Waals surface area contributed by atoms with Crippen LogP contribution in [-0.2, 0) is 4.79 Å². The first kappa shape index (κ1) is 22.3. The van der Waals surface area contributed by atoms with E-state index in [4.69, 9.17) is 4.74 Å². The van der Waals surface area contributed by atoms with Gasteiger partial charge in [0.15, 0.2) is 11.5 Å². The van der Waals surface area contributed by atoms with Crippen LogP contribution in [0.2, 0.25) is 0 Å². The van der Waals surface area contributed by atoms with Gasteiger partial charge < -0.3 is 24.6 Å². The molecule has 7 nitrogen and oxygen atoms in total. The highest BCUT2D eigenvalue weighted by Gasteiger charge is 2.23. The molecule has 0 aromatic heterocycles. The molecule has 0 spiro atoms. The van der Waals surface area contributed by atoms with E-state index in [1.807, 2.05) is 30.3 Å². The van der Waals surface area contributed by atoms with Crippen molar-refractivity contribution < 1.29 is 27.8 Å². The first-order valence-electron chi connectivity index (χ1n) is 9.97. The Morgan fingerprint density at radius 3 is 2.39 bits per heavy atom. The van der Waals surface area contributed by atoms with Crippen LogP contribution in [0, 0.1) is 0 Å². The molecule has 2 aromatic carbocycles. The van der Waals surface area contributed by atoms with E-state index in [1.165, 1.54) is 25.3 Å². The van der Waals surface area contributed by atoms with Gasteiger partial charge >= 0.3 is 6.61 Å². The molecular weight excluding hydrogens is 408 g/mol. The molecule has 166 valence electrons. The summed E-state index contributed by atoms with van der Waals surface area (Å²) < 4.78 is 34.9. The van der Waals surface area contributed by atoms with Gasteiger partial charge in [0.25, 0.3) is 5.91 Å². The summed E-state index contributed by atoms with van der Waals surface area (Å²) in [4.78, 5) is 28.9. The number of carbonyl (C=O) groups is 2. The Hall–Kier alpha value is -3.36. The Balaban J connectivity index is 1.49. The average Bonchev–Trinajstić information content (AvgIpc) is 2.79. The number of halogens is 2. The number of piperazine rings is 1. The van der Waals surface area contributed by atoms with Crippen molar-refractivity contribution in [3.8, 4) is 11.5 Å². The predicted octanol–water partition coefficient (Wildman–Crippen LogP) is 2.77. The van der Waals surface area contributed by atoms with Crippen LogP contribution in [0.5, 0.6) is 11.5 Å². The fraction of sp³-hybridized carbons (Fsp3) is 0.364. The summed E-state index contributed by atoms with van der Waals surface area (Å²) >= 11 is 0. The van der Waals surface area contributed by atoms with Gasteiger partial charge in [0.1, 0.15) is 0 Å². The van der Waals surface area contributed by atoms with Crippen LogP contribution in [0.25, 0.3) is 0 Å². The Morgan fingerprint density at radius 1 is 1.03 bits per heavy atom. The first-order valence-corrected chi connectivity index (χ1v) is 9.97. The second kappa shape index (κ2) is 10.6. The summed E-state index contributed by atoms with van der Waals surface area (Å²) in [5.41, 5.74) is 1.05. The number of hydrogen-bond donors (Lipinski definition) is 1. The fourth-order valence-corrected chi connectivity index (χ4v) is 3.46. The fourth-order valence-electron chi connectivity index (χ4n) is 3.46. The minimum atomic E-state index is -3.10. The number of anilines is 1. The monoisotopic (exact) mass is 433 g/mol. The molecule has 1 aliphatic heterocycles. The Bertz CT molecular complexity index is 888. The molecule has 3 rings (SSSR count). The van der Waals surface area contributed by atoms with Crippen LogP contribution < -0.4 is 19.7 Å². The molecule has 1 aliphatic rings. The van der Waals surface area contributed by atoms with Crippen molar-refractivity contribution in [1.82, 2.24) is 10.2 Å². The largest absolute Gasteiger partial charge is 0.493 e. The molecule has 2 amide bonds. The standard InChI is InChI=1S/C22H25F2N3O4/c1-30-18-9-5-8-17(20(18)31-22(23)24)21(29)25-11-10-19(28)27-14-12-26(13-15-27)16-6-3-2-4-7-16/h2-9,22H,10-15H2,1H3,(H,25,29). The lowest BCUT2D eigenvalue weighted by atomic mass is 10.1. The molecule has 31 heavy (non-hydrogen) atoms. The molecular formula is C22H25F2N3O4. The van der Waals surface area contributed by atoms with E-state index in [0.717, 1.165) is 18.8 Å². The lowest BCUT2D eigenvalue weighted by molar-refractivity contribution is -0.131. The SMILES string of the molecule is COc1cccc(C(=O)NCCC(=O)N2CCN(c3ccccc3)CC2)c1OC(F)F. The summed E-state index contributed by atoms with van der Waals surface area (Å²) in [5, 5.41) is 2.59. The van der Waals surface area contributed by atoms with Gasteiger partial charge in [0.05, 0.1) is 12.7 Å². The number of hydrogen-bond acceptors (Lipinski definition) is 5. The highest BCUT2D eigenvalue weighted by atomic mass is 19.3. The number of para-hydroxylation sites is 2. The molecule has 1 N–H and O–H groups in total. The van der Waals surface area contributed by atoms with Gasteiger partial charge in [-0.15, -0.1) is 0 Å². The molecule has 2 aromatic rings. The molecule has 1 fully saturated rings. The molecule has 1 heterocycles. The molecule has 0 bridgehead atoms. The van der Waals surface area contributed by atoms with Gasteiger partial charge in [-0.1, -0.05) is 24.3 Å². The highest BCUT2D eigenvalue weighted by Crippen LogP contribution is 2.32. The van der Waals surface area contributed by atoms with Crippen LogP contribution in [0.4, 0.5) is 14.5 Å². The summed E-state index contributed by atoms with van der Waals surface area (Å²) in [7, 11) is 1.30. The van der Waals surface area contributed by atoms with E-state index in [9.17, 15) is 18.4 Å². The van der Waals surface area contributed by atoms with Crippen LogP contribution in [0.15, 0.2) is 48.5 Å². The van der Waals surface area contributed by atoms with E-state index in [2.05, 4.69) is 15.0 Å². The van der Waals surface area contributed by atoms with Crippen molar-refractivity contribution in [3.05, 3.63) is 54.1 Å². The average molecular weight is 433 g/mol. The second-order valence-electron chi connectivity index (χ2n) is 6.92. The van der Waals surface area contributed by atoms with Crippen molar-refractivity contribution in [3.63, 3.8) is 0 Å². The quantitative estimate of drug-likeness (QED) is 0.693. The summed E-state index contributed by atoms with van der Waals surface area (Å²) in [5.74, 6) is -0.986. The van der Waals surface area contributed by atoms with Crippen molar-refractivity contribution in [2.75, 3.05) is 44.7 Å². The third-order valence-electron chi connectivity index (χ3n) is 5.03. The van der Waals surface area contributed by atoms with Crippen molar-refractivity contribution in [2.45, 2.75) is 13.0 Å². The molecule has 0 unspecified atom stereocenters. The summed E-state index contributed by atoms with van der Waals surface area (Å²) in [6.07, 6.45) is 0.117. The third-order valence-corrected chi connectivity index (χ3v) is 5.03. The van der Waals surface area contributed by atoms with Crippen LogP contribution >= 0.6 is 0 Å². The van der Waals surface area contributed by atoms with Gasteiger partial charge in [-0.2, -0.15) is 8.78 Å². The lowest BCUT2D eigenvalue weighted by Gasteiger charge is -2.36. The van der Waals surface area contributed by atoms with Crippen LogP contribution in [0.3, 0.4) is 0 Å². The maximum atomic E-state index is 12.7. The minimum absolute atomic E-state index is 0.0281. The van der Waals surface area contributed by atoms with Gasteiger partial charge in [0.2, 0.25) is 5.91 Å². The highest BCUT2D eigenvalue weighted by molar-refractivity contribution is 5.98. The second-order valence-corrected chi connectivity index (χ2v) is 6.92. The van der Waals surface area contributed by atoms with Gasteiger partial charge in [0, 0.05) is 44.8 Å². The molecule has 1 saturated heterocycles. The van der Waals surface area contributed by atoms with E-state index in [0.29, 0.717) is 13.1 Å². The number of alkyl halides is 2.